The third-order valence-electron chi connectivity index (χ3n) is 3.82. The van der Waals surface area contributed by atoms with Gasteiger partial charge in [-0.2, -0.15) is 5.26 Å². The molecule has 0 aliphatic carbocycles. The molecular weight excluding hydrogens is 268 g/mol. The van der Waals surface area contributed by atoms with E-state index in [9.17, 15) is 5.11 Å². The molecule has 1 aromatic carbocycles. The Kier molecular flexibility index (Phi) is 6.00. The number of hydrogen-bond donors (Lipinski definition) is 2. The highest BCUT2D eigenvalue weighted by atomic mass is 16.5. The van der Waals surface area contributed by atoms with Crippen LogP contribution in [-0.2, 0) is 0 Å². The molecule has 1 saturated heterocycles. The van der Waals surface area contributed by atoms with Gasteiger partial charge in [-0.05, 0) is 37.4 Å². The van der Waals surface area contributed by atoms with Crippen LogP contribution in [0.5, 0.6) is 5.75 Å². The molecule has 5 nitrogen and oxygen atoms in total. The van der Waals surface area contributed by atoms with Gasteiger partial charge in [0.05, 0.1) is 5.56 Å². The molecule has 0 bridgehead atoms. The zero-order valence-electron chi connectivity index (χ0n) is 12.1. The van der Waals surface area contributed by atoms with Gasteiger partial charge >= 0.3 is 0 Å². The zero-order chi connectivity index (χ0) is 15.1. The minimum absolute atomic E-state index is 0.180. The summed E-state index contributed by atoms with van der Waals surface area (Å²) < 4.78 is 5.54. The fraction of sp³-hybridized carbons (Fsp3) is 0.562. The maximum atomic E-state index is 10.1. The Balaban J connectivity index is 1.75. The summed E-state index contributed by atoms with van der Waals surface area (Å²) in [6.07, 6.45) is 1.33. The van der Waals surface area contributed by atoms with Crippen molar-refractivity contribution in [2.45, 2.75) is 18.9 Å². The van der Waals surface area contributed by atoms with Gasteiger partial charge in [0.15, 0.2) is 0 Å². The number of nitriles is 1. The van der Waals surface area contributed by atoms with Gasteiger partial charge in [0.25, 0.3) is 0 Å². The topological polar surface area (TPSA) is 76.7 Å². The molecule has 1 aliphatic heterocycles. The second-order valence-electron chi connectivity index (χ2n) is 5.50. The fourth-order valence-electron chi connectivity index (χ4n) is 2.72. The van der Waals surface area contributed by atoms with E-state index in [4.69, 9.17) is 15.1 Å². The number of rotatable bonds is 7. The summed E-state index contributed by atoms with van der Waals surface area (Å²) in [7, 11) is 0. The van der Waals surface area contributed by atoms with Crippen molar-refractivity contribution in [3.05, 3.63) is 29.8 Å². The third kappa shape index (κ3) is 4.71. The van der Waals surface area contributed by atoms with Crippen molar-refractivity contribution in [3.63, 3.8) is 0 Å². The fourth-order valence-corrected chi connectivity index (χ4v) is 2.72. The molecule has 0 aromatic heterocycles. The van der Waals surface area contributed by atoms with Gasteiger partial charge in [-0.15, -0.1) is 0 Å². The lowest BCUT2D eigenvalue weighted by molar-refractivity contribution is 0.0742. The van der Waals surface area contributed by atoms with Crippen LogP contribution < -0.4 is 4.74 Å². The molecule has 1 aliphatic rings. The normalized spacial score (nSPS) is 20.1. The molecule has 5 heteroatoms. The van der Waals surface area contributed by atoms with E-state index in [2.05, 4.69) is 11.0 Å². The van der Waals surface area contributed by atoms with Crippen LogP contribution in [0.3, 0.4) is 0 Å². The Morgan fingerprint density at radius 2 is 2.24 bits per heavy atom. The molecule has 0 radical (unpaired) electrons. The summed E-state index contributed by atoms with van der Waals surface area (Å²) in [5.74, 6) is 1.04. The predicted molar refractivity (Wildman–Crippen MR) is 78.9 cm³/mol. The molecule has 2 rings (SSSR count). The van der Waals surface area contributed by atoms with E-state index in [0.29, 0.717) is 23.8 Å². The van der Waals surface area contributed by atoms with Crippen molar-refractivity contribution >= 4 is 0 Å². The minimum Gasteiger partial charge on any atom is -0.489 e. The molecular formula is C16H22N2O3. The van der Waals surface area contributed by atoms with Crippen molar-refractivity contribution in [3.8, 4) is 11.8 Å². The van der Waals surface area contributed by atoms with E-state index in [1.165, 1.54) is 0 Å². The smallest absolute Gasteiger partial charge is 0.137 e. The maximum Gasteiger partial charge on any atom is 0.137 e. The van der Waals surface area contributed by atoms with Crippen LogP contribution in [0.2, 0.25) is 0 Å². The summed E-state index contributed by atoms with van der Waals surface area (Å²) in [6, 6.07) is 9.10. The van der Waals surface area contributed by atoms with E-state index in [-0.39, 0.29) is 13.2 Å². The van der Waals surface area contributed by atoms with E-state index in [1.54, 1.807) is 18.2 Å². The molecule has 0 amide bonds. The number of β-amino-alcohol motifs (C(OH)–C–C–N with tert-alkyl or cyclic N) is 1. The number of ether oxygens (including phenoxy) is 1. The van der Waals surface area contributed by atoms with Gasteiger partial charge in [-0.25, -0.2) is 0 Å². The van der Waals surface area contributed by atoms with Gasteiger partial charge in [0.2, 0.25) is 0 Å². The van der Waals surface area contributed by atoms with Crippen LogP contribution in [0.1, 0.15) is 18.4 Å². The molecule has 1 fully saturated rings. The molecule has 2 atom stereocenters. The monoisotopic (exact) mass is 290 g/mol. The number of aliphatic hydroxyl groups excluding tert-OH is 2. The molecule has 1 heterocycles. The van der Waals surface area contributed by atoms with Crippen molar-refractivity contribution in [2.24, 2.45) is 5.92 Å². The number of hydrogen-bond acceptors (Lipinski definition) is 5. The van der Waals surface area contributed by atoms with Crippen molar-refractivity contribution in [1.29, 1.82) is 5.26 Å². The summed E-state index contributed by atoms with van der Waals surface area (Å²) in [5.41, 5.74) is 0.480. The lowest BCUT2D eigenvalue weighted by Crippen LogP contribution is -2.34. The number of nitrogens with zero attached hydrogens (tertiary/aromatic N) is 2. The lowest BCUT2D eigenvalue weighted by Gasteiger charge is -2.20. The summed E-state index contributed by atoms with van der Waals surface area (Å²) in [4.78, 5) is 2.20. The molecule has 0 saturated carbocycles. The lowest BCUT2D eigenvalue weighted by atomic mass is 10.1. The summed E-state index contributed by atoms with van der Waals surface area (Å²) >= 11 is 0. The van der Waals surface area contributed by atoms with Crippen LogP contribution in [0.15, 0.2) is 24.3 Å². The van der Waals surface area contributed by atoms with Crippen LogP contribution >= 0.6 is 0 Å². The standard InChI is InChI=1S/C16H22N2O3/c17-9-14-3-1-2-4-16(14)21-12-15(20)11-18-7-5-13(10-18)6-8-19/h1-4,13,15,19-20H,5-8,10-12H2. The highest BCUT2D eigenvalue weighted by Crippen LogP contribution is 2.20. The average molecular weight is 290 g/mol. The predicted octanol–water partition coefficient (Wildman–Crippen LogP) is 1.00. The van der Waals surface area contributed by atoms with E-state index >= 15 is 0 Å². The Hall–Kier alpha value is -1.61. The highest BCUT2D eigenvalue weighted by Gasteiger charge is 2.23. The Morgan fingerprint density at radius 1 is 1.43 bits per heavy atom. The summed E-state index contributed by atoms with van der Waals surface area (Å²) in [5, 5.41) is 28.0. The number of likely N-dealkylation sites (tertiary alicyclic amines) is 1. The first-order valence-corrected chi connectivity index (χ1v) is 7.36. The van der Waals surface area contributed by atoms with E-state index < -0.39 is 6.10 Å². The molecule has 114 valence electrons. The average Bonchev–Trinajstić information content (AvgIpc) is 2.93. The maximum absolute atomic E-state index is 10.1. The van der Waals surface area contributed by atoms with Gasteiger partial charge in [-0.1, -0.05) is 12.1 Å². The van der Waals surface area contributed by atoms with Crippen molar-refractivity contribution < 1.29 is 14.9 Å². The van der Waals surface area contributed by atoms with E-state index in [0.717, 1.165) is 25.9 Å². The Bertz CT molecular complexity index is 487. The van der Waals surface area contributed by atoms with Gasteiger partial charge in [0.1, 0.15) is 24.5 Å². The van der Waals surface area contributed by atoms with Crippen LogP contribution in [0.25, 0.3) is 0 Å². The van der Waals surface area contributed by atoms with E-state index in [1.807, 2.05) is 6.07 Å². The second kappa shape index (κ2) is 7.99. The third-order valence-corrected chi connectivity index (χ3v) is 3.82. The van der Waals surface area contributed by atoms with Crippen LogP contribution in [-0.4, -0.2) is 54.1 Å². The molecule has 21 heavy (non-hydrogen) atoms. The summed E-state index contributed by atoms with van der Waals surface area (Å²) in [6.45, 7) is 2.86. The number of benzene rings is 1. The largest absolute Gasteiger partial charge is 0.489 e. The molecule has 2 unspecified atom stereocenters. The van der Waals surface area contributed by atoms with Gasteiger partial charge in [0, 0.05) is 19.7 Å². The Labute approximate surface area is 125 Å². The first-order valence-electron chi connectivity index (χ1n) is 7.36. The Morgan fingerprint density at radius 3 is 3.00 bits per heavy atom. The quantitative estimate of drug-likeness (QED) is 0.783. The highest BCUT2D eigenvalue weighted by molar-refractivity contribution is 5.42. The van der Waals surface area contributed by atoms with Crippen LogP contribution in [0, 0.1) is 17.2 Å². The number of aliphatic hydroxyl groups is 2. The van der Waals surface area contributed by atoms with Crippen molar-refractivity contribution in [1.82, 2.24) is 4.90 Å². The van der Waals surface area contributed by atoms with Crippen molar-refractivity contribution in [2.75, 3.05) is 32.8 Å². The van der Waals surface area contributed by atoms with Crippen LogP contribution in [0.4, 0.5) is 0 Å². The molecule has 1 aromatic rings. The first kappa shape index (κ1) is 15.8. The number of para-hydroxylation sites is 1. The zero-order valence-corrected chi connectivity index (χ0v) is 12.1. The molecule has 0 spiro atoms. The van der Waals surface area contributed by atoms with Gasteiger partial charge < -0.3 is 19.8 Å². The SMILES string of the molecule is N#Cc1ccccc1OCC(O)CN1CCC(CCO)C1. The minimum atomic E-state index is -0.579. The molecule has 2 N–H and O–H groups in total. The first-order chi connectivity index (χ1) is 10.2. The second-order valence-corrected chi connectivity index (χ2v) is 5.50. The van der Waals surface area contributed by atoms with Gasteiger partial charge in [-0.3, -0.25) is 0 Å².